The third kappa shape index (κ3) is 2.49. The molecule has 0 atom stereocenters. The third-order valence-electron chi connectivity index (χ3n) is 2.90. The highest BCUT2D eigenvalue weighted by Crippen LogP contribution is 2.22. The highest BCUT2D eigenvalue weighted by molar-refractivity contribution is 6.33. The monoisotopic (exact) mass is 283 g/mol. The molecule has 3 nitrogen and oxygen atoms in total. The van der Waals surface area contributed by atoms with Crippen molar-refractivity contribution < 1.29 is 9.63 Å². The SMILES string of the molecule is O=C1ON=C(c2cccc(Cl)c2)/C1=C\c1ccccc1. The van der Waals surface area contributed by atoms with Crippen LogP contribution >= 0.6 is 11.6 Å². The molecule has 0 radical (unpaired) electrons. The second-order valence-corrected chi connectivity index (χ2v) is 4.73. The largest absolute Gasteiger partial charge is 0.368 e. The molecule has 0 spiro atoms. The van der Waals surface area contributed by atoms with E-state index in [9.17, 15) is 4.79 Å². The maximum Gasteiger partial charge on any atom is 0.368 e. The van der Waals surface area contributed by atoms with Gasteiger partial charge in [0.15, 0.2) is 0 Å². The standard InChI is InChI=1S/C16H10ClNO2/c17-13-8-4-7-12(10-13)15-14(16(19)20-18-15)9-11-5-2-1-3-6-11/h1-10H/b14-9+. The van der Waals surface area contributed by atoms with E-state index in [1.807, 2.05) is 42.5 Å². The van der Waals surface area contributed by atoms with Crippen LogP contribution in [0.5, 0.6) is 0 Å². The minimum Gasteiger partial charge on any atom is -0.312 e. The molecule has 0 saturated heterocycles. The molecule has 4 heteroatoms. The van der Waals surface area contributed by atoms with Gasteiger partial charge in [-0.15, -0.1) is 0 Å². The van der Waals surface area contributed by atoms with E-state index < -0.39 is 5.97 Å². The quantitative estimate of drug-likeness (QED) is 0.623. The first-order chi connectivity index (χ1) is 9.74. The fraction of sp³-hybridized carbons (Fsp3) is 0. The van der Waals surface area contributed by atoms with E-state index in [1.165, 1.54) is 0 Å². The van der Waals surface area contributed by atoms with E-state index in [2.05, 4.69) is 5.16 Å². The third-order valence-corrected chi connectivity index (χ3v) is 3.14. The molecule has 20 heavy (non-hydrogen) atoms. The average molecular weight is 284 g/mol. The summed E-state index contributed by atoms with van der Waals surface area (Å²) in [5.41, 5.74) is 2.60. The molecule has 0 amide bonds. The van der Waals surface area contributed by atoms with Crippen LogP contribution in [0.1, 0.15) is 11.1 Å². The first-order valence-electron chi connectivity index (χ1n) is 6.06. The lowest BCUT2D eigenvalue weighted by Crippen LogP contribution is -2.06. The molecule has 0 aromatic heterocycles. The average Bonchev–Trinajstić information content (AvgIpc) is 2.82. The summed E-state index contributed by atoms with van der Waals surface area (Å²) in [5, 5.41) is 4.43. The number of carbonyl (C=O) groups excluding carboxylic acids is 1. The van der Waals surface area contributed by atoms with Crippen molar-refractivity contribution >= 4 is 29.4 Å². The van der Waals surface area contributed by atoms with Crippen LogP contribution in [0.4, 0.5) is 0 Å². The van der Waals surface area contributed by atoms with Gasteiger partial charge in [0.1, 0.15) is 5.71 Å². The van der Waals surface area contributed by atoms with Crippen LogP contribution in [0.15, 0.2) is 65.3 Å². The second kappa shape index (κ2) is 5.31. The van der Waals surface area contributed by atoms with Gasteiger partial charge in [0.05, 0.1) is 5.57 Å². The molecule has 0 aliphatic carbocycles. The Kier molecular flexibility index (Phi) is 3.35. The number of carbonyl (C=O) groups is 1. The number of rotatable bonds is 2. The smallest absolute Gasteiger partial charge is 0.312 e. The molecular weight excluding hydrogens is 274 g/mol. The summed E-state index contributed by atoms with van der Waals surface area (Å²) in [7, 11) is 0. The van der Waals surface area contributed by atoms with Crippen molar-refractivity contribution in [3.05, 3.63) is 76.3 Å². The number of halogens is 1. The summed E-state index contributed by atoms with van der Waals surface area (Å²) in [4.78, 5) is 16.6. The lowest BCUT2D eigenvalue weighted by Gasteiger charge is -2.01. The molecule has 0 bridgehead atoms. The number of oxime groups is 1. The maximum absolute atomic E-state index is 11.8. The summed E-state index contributed by atoms with van der Waals surface area (Å²) in [6, 6.07) is 16.7. The van der Waals surface area contributed by atoms with Gasteiger partial charge in [-0.05, 0) is 23.8 Å². The van der Waals surface area contributed by atoms with Crippen molar-refractivity contribution in [1.82, 2.24) is 0 Å². The van der Waals surface area contributed by atoms with Crippen molar-refractivity contribution in [3.8, 4) is 0 Å². The number of hydrogen-bond acceptors (Lipinski definition) is 3. The van der Waals surface area contributed by atoms with Crippen molar-refractivity contribution in [2.75, 3.05) is 0 Å². The Hall–Kier alpha value is -2.39. The zero-order valence-corrected chi connectivity index (χ0v) is 11.2. The zero-order chi connectivity index (χ0) is 13.9. The van der Waals surface area contributed by atoms with Gasteiger partial charge in [0.25, 0.3) is 0 Å². The van der Waals surface area contributed by atoms with Gasteiger partial charge in [0, 0.05) is 10.6 Å². The van der Waals surface area contributed by atoms with Crippen LogP contribution in [0, 0.1) is 0 Å². The van der Waals surface area contributed by atoms with Crippen molar-refractivity contribution in [2.45, 2.75) is 0 Å². The maximum atomic E-state index is 11.8. The molecular formula is C16H10ClNO2. The van der Waals surface area contributed by atoms with Crippen LogP contribution < -0.4 is 0 Å². The lowest BCUT2D eigenvalue weighted by molar-refractivity contribution is -0.136. The van der Waals surface area contributed by atoms with Gasteiger partial charge in [-0.2, -0.15) is 0 Å². The van der Waals surface area contributed by atoms with Crippen molar-refractivity contribution in [3.63, 3.8) is 0 Å². The van der Waals surface area contributed by atoms with Gasteiger partial charge >= 0.3 is 5.97 Å². The van der Waals surface area contributed by atoms with Crippen molar-refractivity contribution in [1.29, 1.82) is 0 Å². The summed E-state index contributed by atoms with van der Waals surface area (Å²) in [6.07, 6.45) is 1.76. The van der Waals surface area contributed by atoms with Gasteiger partial charge in [0.2, 0.25) is 0 Å². The topological polar surface area (TPSA) is 38.7 Å². The van der Waals surface area contributed by atoms with E-state index in [0.29, 0.717) is 16.3 Å². The number of benzene rings is 2. The fourth-order valence-corrected chi connectivity index (χ4v) is 2.16. The molecule has 0 saturated carbocycles. The molecule has 0 unspecified atom stereocenters. The van der Waals surface area contributed by atoms with Gasteiger partial charge in [-0.3, -0.25) is 0 Å². The number of hydrogen-bond donors (Lipinski definition) is 0. The Morgan fingerprint density at radius 3 is 2.60 bits per heavy atom. The normalized spacial score (nSPS) is 16.1. The van der Waals surface area contributed by atoms with E-state index in [-0.39, 0.29) is 0 Å². The first-order valence-corrected chi connectivity index (χ1v) is 6.44. The molecule has 0 N–H and O–H groups in total. The number of nitrogens with zero attached hydrogens (tertiary/aromatic N) is 1. The Morgan fingerprint density at radius 1 is 1.05 bits per heavy atom. The molecule has 1 heterocycles. The van der Waals surface area contributed by atoms with Crippen molar-refractivity contribution in [2.24, 2.45) is 5.16 Å². The molecule has 2 aromatic rings. The van der Waals surface area contributed by atoms with Gasteiger partial charge in [-0.25, -0.2) is 4.79 Å². The molecule has 1 aliphatic rings. The molecule has 1 aliphatic heterocycles. The predicted molar refractivity (Wildman–Crippen MR) is 78.5 cm³/mol. The van der Waals surface area contributed by atoms with Gasteiger partial charge in [-0.1, -0.05) is 59.2 Å². The summed E-state index contributed by atoms with van der Waals surface area (Å²) in [5.74, 6) is -0.455. The highest BCUT2D eigenvalue weighted by atomic mass is 35.5. The fourth-order valence-electron chi connectivity index (χ4n) is 1.97. The minimum absolute atomic E-state index is 0.429. The van der Waals surface area contributed by atoms with Crippen LogP contribution in [0.2, 0.25) is 5.02 Å². The Labute approximate surface area is 121 Å². The van der Waals surface area contributed by atoms with E-state index >= 15 is 0 Å². The van der Waals surface area contributed by atoms with E-state index in [4.69, 9.17) is 16.4 Å². The highest BCUT2D eigenvalue weighted by Gasteiger charge is 2.26. The lowest BCUT2D eigenvalue weighted by atomic mass is 10.0. The summed E-state index contributed by atoms with van der Waals surface area (Å²) >= 11 is 5.97. The molecule has 3 rings (SSSR count). The van der Waals surface area contributed by atoms with Gasteiger partial charge < -0.3 is 4.84 Å². The minimum atomic E-state index is -0.455. The Morgan fingerprint density at radius 2 is 1.85 bits per heavy atom. The zero-order valence-electron chi connectivity index (χ0n) is 10.4. The van der Waals surface area contributed by atoms with E-state index in [0.717, 1.165) is 11.1 Å². The predicted octanol–water partition coefficient (Wildman–Crippen LogP) is 3.68. The Bertz CT molecular complexity index is 720. The summed E-state index contributed by atoms with van der Waals surface area (Å²) in [6.45, 7) is 0. The molecule has 0 fully saturated rings. The first kappa shape index (κ1) is 12.6. The van der Waals surface area contributed by atoms with Crippen LogP contribution in [0.3, 0.4) is 0 Å². The molecule has 98 valence electrons. The Balaban J connectivity index is 2.03. The molecule has 2 aromatic carbocycles. The van der Waals surface area contributed by atoms with Crippen LogP contribution in [-0.2, 0) is 9.63 Å². The van der Waals surface area contributed by atoms with E-state index in [1.54, 1.807) is 18.2 Å². The second-order valence-electron chi connectivity index (χ2n) is 4.30. The van der Waals surface area contributed by atoms with Crippen LogP contribution in [-0.4, -0.2) is 11.7 Å². The van der Waals surface area contributed by atoms with Crippen LogP contribution in [0.25, 0.3) is 6.08 Å². The summed E-state index contributed by atoms with van der Waals surface area (Å²) < 4.78 is 0.